The van der Waals surface area contributed by atoms with Gasteiger partial charge in [-0.15, -0.1) is 0 Å². The SMILES string of the molecule is CC1CCCCN1CCCCNCc1cccc(C(=O)O)c1. The van der Waals surface area contributed by atoms with E-state index >= 15 is 0 Å². The minimum Gasteiger partial charge on any atom is -0.478 e. The Morgan fingerprint density at radius 2 is 2.23 bits per heavy atom. The quantitative estimate of drug-likeness (QED) is 0.725. The molecule has 1 atom stereocenters. The number of rotatable bonds is 8. The number of hydrogen-bond donors (Lipinski definition) is 2. The first kappa shape index (κ1) is 17.0. The Morgan fingerprint density at radius 3 is 3.00 bits per heavy atom. The van der Waals surface area contributed by atoms with Gasteiger partial charge in [0.05, 0.1) is 5.56 Å². The predicted octanol–water partition coefficient (Wildman–Crippen LogP) is 3.13. The van der Waals surface area contributed by atoms with Gasteiger partial charge in [-0.3, -0.25) is 0 Å². The van der Waals surface area contributed by atoms with Crippen LogP contribution >= 0.6 is 0 Å². The number of piperidine rings is 1. The highest BCUT2D eigenvalue weighted by Crippen LogP contribution is 2.16. The van der Waals surface area contributed by atoms with Crippen LogP contribution in [-0.2, 0) is 6.54 Å². The average molecular weight is 304 g/mol. The van der Waals surface area contributed by atoms with E-state index in [-0.39, 0.29) is 0 Å². The van der Waals surface area contributed by atoms with Crippen LogP contribution in [0.1, 0.15) is 54.9 Å². The maximum Gasteiger partial charge on any atom is 0.335 e. The van der Waals surface area contributed by atoms with Crippen molar-refractivity contribution < 1.29 is 9.90 Å². The number of hydrogen-bond acceptors (Lipinski definition) is 3. The van der Waals surface area contributed by atoms with Gasteiger partial charge in [0.15, 0.2) is 0 Å². The van der Waals surface area contributed by atoms with Crippen molar-refractivity contribution in [1.82, 2.24) is 10.2 Å². The zero-order chi connectivity index (χ0) is 15.8. The van der Waals surface area contributed by atoms with Crippen LogP contribution in [0.2, 0.25) is 0 Å². The summed E-state index contributed by atoms with van der Waals surface area (Å²) in [6, 6.07) is 7.89. The normalized spacial score (nSPS) is 19.2. The van der Waals surface area contributed by atoms with E-state index in [9.17, 15) is 4.79 Å². The Bertz CT molecular complexity index is 476. The Labute approximate surface area is 133 Å². The number of carbonyl (C=O) groups is 1. The van der Waals surface area contributed by atoms with E-state index in [2.05, 4.69) is 17.1 Å². The van der Waals surface area contributed by atoms with E-state index in [1.54, 1.807) is 18.2 Å². The van der Waals surface area contributed by atoms with E-state index in [4.69, 9.17) is 5.11 Å². The number of nitrogens with one attached hydrogen (secondary N) is 1. The van der Waals surface area contributed by atoms with E-state index in [0.717, 1.165) is 24.7 Å². The van der Waals surface area contributed by atoms with E-state index < -0.39 is 5.97 Å². The van der Waals surface area contributed by atoms with Crippen LogP contribution in [0.15, 0.2) is 24.3 Å². The molecule has 4 heteroatoms. The molecule has 1 aromatic rings. The lowest BCUT2D eigenvalue weighted by molar-refractivity contribution is 0.0696. The molecule has 4 nitrogen and oxygen atoms in total. The van der Waals surface area contributed by atoms with E-state index in [1.807, 2.05) is 6.07 Å². The third kappa shape index (κ3) is 5.43. The molecular formula is C18H28N2O2. The maximum absolute atomic E-state index is 10.9. The Balaban J connectivity index is 1.59. The van der Waals surface area contributed by atoms with Gasteiger partial charge in [0.1, 0.15) is 0 Å². The second-order valence-corrected chi connectivity index (χ2v) is 6.27. The van der Waals surface area contributed by atoms with Crippen molar-refractivity contribution in [3.63, 3.8) is 0 Å². The minimum absolute atomic E-state index is 0.360. The molecule has 0 bridgehead atoms. The highest BCUT2D eigenvalue weighted by atomic mass is 16.4. The van der Waals surface area contributed by atoms with Crippen LogP contribution in [-0.4, -0.2) is 41.7 Å². The van der Waals surface area contributed by atoms with Gasteiger partial charge in [-0.1, -0.05) is 18.6 Å². The van der Waals surface area contributed by atoms with Crippen LogP contribution in [0.5, 0.6) is 0 Å². The Hall–Kier alpha value is -1.39. The lowest BCUT2D eigenvalue weighted by Gasteiger charge is -2.33. The van der Waals surface area contributed by atoms with Gasteiger partial charge in [0, 0.05) is 12.6 Å². The summed E-state index contributed by atoms with van der Waals surface area (Å²) in [5.41, 5.74) is 1.39. The lowest BCUT2D eigenvalue weighted by atomic mass is 10.0. The van der Waals surface area contributed by atoms with Gasteiger partial charge in [-0.25, -0.2) is 4.79 Å². The molecule has 2 N–H and O–H groups in total. The molecule has 22 heavy (non-hydrogen) atoms. The molecule has 2 rings (SSSR count). The van der Waals surface area contributed by atoms with Gasteiger partial charge < -0.3 is 15.3 Å². The van der Waals surface area contributed by atoms with Crippen molar-refractivity contribution in [2.24, 2.45) is 0 Å². The summed E-state index contributed by atoms with van der Waals surface area (Å²) in [4.78, 5) is 13.5. The van der Waals surface area contributed by atoms with Gasteiger partial charge in [0.25, 0.3) is 0 Å². The van der Waals surface area contributed by atoms with Gasteiger partial charge >= 0.3 is 5.97 Å². The first-order valence-electron chi connectivity index (χ1n) is 8.44. The molecule has 1 aliphatic rings. The molecular weight excluding hydrogens is 276 g/mol. The fourth-order valence-electron chi connectivity index (χ4n) is 3.10. The predicted molar refractivity (Wildman–Crippen MR) is 89.2 cm³/mol. The Morgan fingerprint density at radius 1 is 1.36 bits per heavy atom. The molecule has 1 saturated heterocycles. The fraction of sp³-hybridized carbons (Fsp3) is 0.611. The van der Waals surface area contributed by atoms with Gasteiger partial charge in [0.2, 0.25) is 0 Å². The maximum atomic E-state index is 10.9. The third-order valence-corrected chi connectivity index (χ3v) is 4.49. The van der Waals surface area contributed by atoms with Gasteiger partial charge in [-0.2, -0.15) is 0 Å². The number of aromatic carboxylic acids is 1. The molecule has 122 valence electrons. The highest BCUT2D eigenvalue weighted by molar-refractivity contribution is 5.87. The van der Waals surface area contributed by atoms with Crippen LogP contribution in [0.25, 0.3) is 0 Å². The summed E-state index contributed by atoms with van der Waals surface area (Å²) in [6.45, 7) is 6.53. The molecule has 0 saturated carbocycles. The molecule has 0 aromatic heterocycles. The van der Waals surface area contributed by atoms with Crippen molar-refractivity contribution >= 4 is 5.97 Å². The first-order valence-corrected chi connectivity index (χ1v) is 8.44. The first-order chi connectivity index (χ1) is 10.7. The molecule has 0 radical (unpaired) electrons. The monoisotopic (exact) mass is 304 g/mol. The van der Waals surface area contributed by atoms with E-state index in [0.29, 0.717) is 5.56 Å². The minimum atomic E-state index is -0.863. The number of nitrogens with zero attached hydrogens (tertiary/aromatic N) is 1. The third-order valence-electron chi connectivity index (χ3n) is 4.49. The molecule has 1 heterocycles. The van der Waals surface area contributed by atoms with Crippen molar-refractivity contribution in [3.8, 4) is 0 Å². The number of benzene rings is 1. The largest absolute Gasteiger partial charge is 0.478 e. The second-order valence-electron chi connectivity index (χ2n) is 6.27. The van der Waals surface area contributed by atoms with Crippen molar-refractivity contribution in [1.29, 1.82) is 0 Å². The molecule has 1 fully saturated rings. The molecule has 1 aliphatic heterocycles. The molecule has 0 spiro atoms. The summed E-state index contributed by atoms with van der Waals surface area (Å²) in [5.74, 6) is -0.863. The Kier molecular flexibility index (Phi) is 6.87. The number of carboxylic acid groups (broad SMARTS) is 1. The van der Waals surface area contributed by atoms with Crippen molar-refractivity contribution in [3.05, 3.63) is 35.4 Å². The zero-order valence-electron chi connectivity index (χ0n) is 13.6. The van der Waals surface area contributed by atoms with Gasteiger partial charge in [-0.05, 0) is 69.9 Å². The van der Waals surface area contributed by atoms with Crippen molar-refractivity contribution in [2.45, 2.75) is 51.6 Å². The summed E-state index contributed by atoms with van der Waals surface area (Å²) in [6.07, 6.45) is 6.48. The molecule has 0 amide bonds. The van der Waals surface area contributed by atoms with Crippen LogP contribution < -0.4 is 5.32 Å². The molecule has 1 aromatic carbocycles. The smallest absolute Gasteiger partial charge is 0.335 e. The number of likely N-dealkylation sites (tertiary alicyclic amines) is 1. The summed E-state index contributed by atoms with van der Waals surface area (Å²) in [7, 11) is 0. The summed E-state index contributed by atoms with van der Waals surface area (Å²) >= 11 is 0. The zero-order valence-corrected chi connectivity index (χ0v) is 13.6. The van der Waals surface area contributed by atoms with Crippen LogP contribution in [0, 0.1) is 0 Å². The van der Waals surface area contributed by atoms with Crippen LogP contribution in [0.3, 0.4) is 0 Å². The van der Waals surface area contributed by atoms with Crippen LogP contribution in [0.4, 0.5) is 0 Å². The topological polar surface area (TPSA) is 52.6 Å². The molecule has 1 unspecified atom stereocenters. The summed E-state index contributed by atoms with van der Waals surface area (Å²) < 4.78 is 0. The number of unbranched alkanes of at least 4 members (excludes halogenated alkanes) is 1. The van der Waals surface area contributed by atoms with E-state index in [1.165, 1.54) is 45.2 Å². The standard InChI is InChI=1S/C18H28N2O2/c1-15-7-2-4-11-20(15)12-5-3-10-19-14-16-8-6-9-17(13-16)18(21)22/h6,8-9,13,15,19H,2-5,7,10-12,14H2,1H3,(H,21,22). The average Bonchev–Trinajstić information content (AvgIpc) is 2.52. The second kappa shape index (κ2) is 8.91. The molecule has 0 aliphatic carbocycles. The van der Waals surface area contributed by atoms with Crippen molar-refractivity contribution in [2.75, 3.05) is 19.6 Å². The summed E-state index contributed by atoms with van der Waals surface area (Å²) in [5, 5.41) is 12.4. The highest BCUT2D eigenvalue weighted by Gasteiger charge is 2.16. The number of carboxylic acids is 1. The fourth-order valence-corrected chi connectivity index (χ4v) is 3.10. The lowest BCUT2D eigenvalue weighted by Crippen LogP contribution is -2.38.